The third-order valence-electron chi connectivity index (χ3n) is 2.27. The molecule has 1 aromatic carbocycles. The zero-order valence-corrected chi connectivity index (χ0v) is 11.0. The summed E-state index contributed by atoms with van der Waals surface area (Å²) in [5.74, 6) is -0.230. The van der Waals surface area contributed by atoms with Crippen LogP contribution in [0.2, 0.25) is 0 Å². The van der Waals surface area contributed by atoms with Crippen molar-refractivity contribution in [1.29, 1.82) is 0 Å². The van der Waals surface area contributed by atoms with Gasteiger partial charge in [0.15, 0.2) is 12.4 Å². The molecule has 0 fully saturated rings. The van der Waals surface area contributed by atoms with Crippen LogP contribution in [0.15, 0.2) is 48.6 Å². The summed E-state index contributed by atoms with van der Waals surface area (Å²) < 4.78 is 9.85. The highest BCUT2D eigenvalue weighted by Gasteiger charge is 2.09. The molecule has 0 aliphatic rings. The van der Waals surface area contributed by atoms with E-state index in [2.05, 4.69) is 0 Å². The second-order valence-corrected chi connectivity index (χ2v) is 3.65. The van der Waals surface area contributed by atoms with E-state index in [-0.39, 0.29) is 12.4 Å². The van der Waals surface area contributed by atoms with E-state index in [1.54, 1.807) is 42.5 Å². The molecule has 0 saturated carbocycles. The van der Waals surface area contributed by atoms with Crippen molar-refractivity contribution < 1.29 is 19.1 Å². The van der Waals surface area contributed by atoms with Crippen LogP contribution in [0.3, 0.4) is 0 Å². The molecule has 0 aliphatic heterocycles. The normalized spacial score (nSPS) is 10.8. The molecule has 0 atom stereocenters. The smallest absolute Gasteiger partial charge is 0.331 e. The Balaban J connectivity index is 2.53. The standard InChI is InChI=1S/C15H16O4/c1-3-4-5-9-15(17)19-11-14(16)12-7-6-8-13(10-12)18-2/h3-10H,11H2,1-2H3/b4-3+,9-5?. The first-order chi connectivity index (χ1) is 9.17. The number of ketones is 1. The molecule has 0 unspecified atom stereocenters. The van der Waals surface area contributed by atoms with Crippen LogP contribution in [0, 0.1) is 0 Å². The molecule has 4 nitrogen and oxygen atoms in total. The lowest BCUT2D eigenvalue weighted by molar-refractivity contribution is -0.136. The van der Waals surface area contributed by atoms with Crippen molar-refractivity contribution in [1.82, 2.24) is 0 Å². The van der Waals surface area contributed by atoms with Gasteiger partial charge in [-0.15, -0.1) is 0 Å². The number of carbonyl (C=O) groups is 2. The van der Waals surface area contributed by atoms with Crippen LogP contribution in [-0.2, 0) is 9.53 Å². The van der Waals surface area contributed by atoms with E-state index in [9.17, 15) is 9.59 Å². The quantitative estimate of drug-likeness (QED) is 0.341. The molecule has 0 bridgehead atoms. The predicted octanol–water partition coefficient (Wildman–Crippen LogP) is 2.55. The Hall–Kier alpha value is -2.36. The first-order valence-electron chi connectivity index (χ1n) is 5.80. The fraction of sp³-hybridized carbons (Fsp3) is 0.200. The molecule has 0 heterocycles. The minimum atomic E-state index is -0.547. The first kappa shape index (κ1) is 14.7. The highest BCUT2D eigenvalue weighted by Crippen LogP contribution is 2.13. The highest BCUT2D eigenvalue weighted by molar-refractivity contribution is 5.98. The van der Waals surface area contributed by atoms with Gasteiger partial charge in [0.1, 0.15) is 5.75 Å². The summed E-state index contributed by atoms with van der Waals surface area (Å²) in [6.45, 7) is 1.55. The Kier molecular flexibility index (Phi) is 6.09. The van der Waals surface area contributed by atoms with Crippen molar-refractivity contribution >= 4 is 11.8 Å². The van der Waals surface area contributed by atoms with Gasteiger partial charge >= 0.3 is 5.97 Å². The molecule has 0 saturated heterocycles. The van der Waals surface area contributed by atoms with Crippen LogP contribution in [-0.4, -0.2) is 25.5 Å². The summed E-state index contributed by atoms with van der Waals surface area (Å²) in [6.07, 6.45) is 6.30. The van der Waals surface area contributed by atoms with Gasteiger partial charge in [0, 0.05) is 11.6 Å². The van der Waals surface area contributed by atoms with E-state index in [4.69, 9.17) is 9.47 Å². The number of carbonyl (C=O) groups excluding carboxylic acids is 2. The van der Waals surface area contributed by atoms with Crippen LogP contribution in [0.4, 0.5) is 0 Å². The number of Topliss-reactive ketones (excluding diaryl/α,β-unsaturated/α-hetero) is 1. The van der Waals surface area contributed by atoms with Crippen LogP contribution < -0.4 is 4.74 Å². The first-order valence-corrected chi connectivity index (χ1v) is 5.80. The number of methoxy groups -OCH3 is 1. The number of esters is 1. The number of rotatable bonds is 6. The Morgan fingerprint density at radius 1 is 1.26 bits per heavy atom. The number of hydrogen-bond acceptors (Lipinski definition) is 4. The van der Waals surface area contributed by atoms with Gasteiger partial charge in [-0.2, -0.15) is 0 Å². The molecule has 19 heavy (non-hydrogen) atoms. The number of ether oxygens (including phenoxy) is 2. The largest absolute Gasteiger partial charge is 0.497 e. The summed E-state index contributed by atoms with van der Waals surface area (Å²) in [7, 11) is 1.52. The van der Waals surface area contributed by atoms with E-state index >= 15 is 0 Å². The van der Waals surface area contributed by atoms with Crippen molar-refractivity contribution in [3.05, 3.63) is 54.1 Å². The summed E-state index contributed by atoms with van der Waals surface area (Å²) in [5.41, 5.74) is 0.449. The summed E-state index contributed by atoms with van der Waals surface area (Å²) in [6, 6.07) is 6.70. The van der Waals surface area contributed by atoms with Crippen LogP contribution >= 0.6 is 0 Å². The minimum absolute atomic E-state index is 0.272. The Bertz CT molecular complexity index is 501. The van der Waals surface area contributed by atoms with E-state index < -0.39 is 5.97 Å². The maximum Gasteiger partial charge on any atom is 0.331 e. The Labute approximate surface area is 112 Å². The average Bonchev–Trinajstić information content (AvgIpc) is 2.45. The highest BCUT2D eigenvalue weighted by atomic mass is 16.5. The van der Waals surface area contributed by atoms with E-state index in [0.29, 0.717) is 11.3 Å². The third-order valence-corrected chi connectivity index (χ3v) is 2.27. The minimum Gasteiger partial charge on any atom is -0.497 e. The molecule has 0 aromatic heterocycles. The molecule has 4 heteroatoms. The molecular weight excluding hydrogens is 244 g/mol. The fourth-order valence-corrected chi connectivity index (χ4v) is 1.31. The number of allylic oxidation sites excluding steroid dienone is 3. The van der Waals surface area contributed by atoms with Gasteiger partial charge in [0.2, 0.25) is 0 Å². The van der Waals surface area contributed by atoms with Gasteiger partial charge in [-0.3, -0.25) is 4.79 Å². The number of hydrogen-bond donors (Lipinski definition) is 0. The zero-order chi connectivity index (χ0) is 14.1. The third kappa shape index (κ3) is 5.21. The zero-order valence-electron chi connectivity index (χ0n) is 11.0. The lowest BCUT2D eigenvalue weighted by atomic mass is 10.1. The lowest BCUT2D eigenvalue weighted by Gasteiger charge is -2.04. The number of benzene rings is 1. The molecule has 0 amide bonds. The molecule has 1 rings (SSSR count). The Morgan fingerprint density at radius 2 is 2.05 bits per heavy atom. The molecule has 1 aromatic rings. The molecule has 0 N–H and O–H groups in total. The van der Waals surface area contributed by atoms with Crippen LogP contribution in [0.5, 0.6) is 5.75 Å². The molecule has 0 spiro atoms. The van der Waals surface area contributed by atoms with Crippen molar-refractivity contribution in [3.63, 3.8) is 0 Å². The van der Waals surface area contributed by atoms with Gasteiger partial charge in [0.25, 0.3) is 0 Å². The second kappa shape index (κ2) is 7.87. The van der Waals surface area contributed by atoms with Gasteiger partial charge < -0.3 is 9.47 Å². The molecular formula is C15H16O4. The lowest BCUT2D eigenvalue weighted by Crippen LogP contribution is -2.12. The SMILES string of the molecule is C/C=C/C=CC(=O)OCC(=O)c1cccc(OC)c1. The van der Waals surface area contributed by atoms with Crippen molar-refractivity contribution in [2.75, 3.05) is 13.7 Å². The van der Waals surface area contributed by atoms with Crippen molar-refractivity contribution in [3.8, 4) is 5.75 Å². The van der Waals surface area contributed by atoms with Crippen molar-refractivity contribution in [2.24, 2.45) is 0 Å². The molecule has 0 aliphatic carbocycles. The fourth-order valence-electron chi connectivity index (χ4n) is 1.31. The summed E-state index contributed by atoms with van der Waals surface area (Å²) in [5, 5.41) is 0. The van der Waals surface area contributed by atoms with Gasteiger partial charge in [0.05, 0.1) is 7.11 Å². The summed E-state index contributed by atoms with van der Waals surface area (Å²) in [4.78, 5) is 23.0. The van der Waals surface area contributed by atoms with Gasteiger partial charge in [-0.05, 0) is 19.1 Å². The van der Waals surface area contributed by atoms with E-state index in [0.717, 1.165) is 0 Å². The monoisotopic (exact) mass is 260 g/mol. The predicted molar refractivity (Wildman–Crippen MR) is 72.2 cm³/mol. The van der Waals surface area contributed by atoms with Crippen molar-refractivity contribution in [2.45, 2.75) is 6.92 Å². The van der Waals surface area contributed by atoms with E-state index in [1.807, 2.05) is 6.92 Å². The van der Waals surface area contributed by atoms with Gasteiger partial charge in [-0.25, -0.2) is 4.79 Å². The molecule has 100 valence electrons. The second-order valence-electron chi connectivity index (χ2n) is 3.65. The van der Waals surface area contributed by atoms with Gasteiger partial charge in [-0.1, -0.05) is 30.4 Å². The van der Waals surface area contributed by atoms with E-state index in [1.165, 1.54) is 13.2 Å². The van der Waals surface area contributed by atoms with Crippen LogP contribution in [0.25, 0.3) is 0 Å². The molecule has 0 radical (unpaired) electrons. The average molecular weight is 260 g/mol. The maximum absolute atomic E-state index is 11.8. The maximum atomic E-state index is 11.8. The Morgan fingerprint density at radius 3 is 2.74 bits per heavy atom. The topological polar surface area (TPSA) is 52.6 Å². The summed E-state index contributed by atoms with van der Waals surface area (Å²) >= 11 is 0. The van der Waals surface area contributed by atoms with Crippen LogP contribution in [0.1, 0.15) is 17.3 Å².